The predicted octanol–water partition coefficient (Wildman–Crippen LogP) is 3.17. The second kappa shape index (κ2) is 7.14. The molecule has 5 nitrogen and oxygen atoms in total. The number of rotatable bonds is 5. The van der Waals surface area contributed by atoms with Gasteiger partial charge in [0, 0.05) is 17.8 Å². The molecule has 1 aromatic heterocycles. The van der Waals surface area contributed by atoms with E-state index in [1.54, 1.807) is 57.9 Å². The van der Waals surface area contributed by atoms with E-state index in [-0.39, 0.29) is 0 Å². The first-order valence-corrected chi connectivity index (χ1v) is 6.56. The number of pyridine rings is 1. The highest BCUT2D eigenvalue weighted by Crippen LogP contribution is 2.36. The van der Waals surface area contributed by atoms with Crippen LogP contribution in [-0.4, -0.2) is 26.3 Å². The lowest BCUT2D eigenvalue weighted by molar-refractivity contribution is 0.348. The van der Waals surface area contributed by atoms with E-state index in [2.05, 4.69) is 11.1 Å². The smallest absolute Gasteiger partial charge is 0.164 e. The van der Waals surface area contributed by atoms with Crippen LogP contribution in [-0.2, 0) is 0 Å². The maximum atomic E-state index is 9.38. The molecule has 22 heavy (non-hydrogen) atoms. The van der Waals surface area contributed by atoms with Gasteiger partial charge in [0.15, 0.2) is 11.5 Å². The summed E-state index contributed by atoms with van der Waals surface area (Å²) in [6, 6.07) is 11.1. The molecule has 0 N–H and O–H groups in total. The predicted molar refractivity (Wildman–Crippen MR) is 83.8 cm³/mol. The average molecular weight is 296 g/mol. The maximum absolute atomic E-state index is 9.38. The van der Waals surface area contributed by atoms with Gasteiger partial charge in [0.05, 0.1) is 32.6 Å². The molecule has 0 amide bonds. The number of allylic oxidation sites excluding steroid dienone is 1. The van der Waals surface area contributed by atoms with Crippen molar-refractivity contribution in [2.24, 2.45) is 0 Å². The molecule has 0 aliphatic heterocycles. The molecule has 2 aromatic rings. The van der Waals surface area contributed by atoms with Gasteiger partial charge in [-0.05, 0) is 24.3 Å². The standard InChI is InChI=1S/C17H16N2O3/c1-20-15-10-17(22-3)16(21-2)9-12(15)8-13(11-18)14-6-4-5-7-19-14/h4-10H,1-3H3/b13-8+. The Morgan fingerprint density at radius 3 is 2.27 bits per heavy atom. The van der Waals surface area contributed by atoms with Crippen LogP contribution in [0, 0.1) is 11.3 Å². The Morgan fingerprint density at radius 1 is 1.05 bits per heavy atom. The second-order valence-electron chi connectivity index (χ2n) is 4.33. The summed E-state index contributed by atoms with van der Waals surface area (Å²) in [5, 5.41) is 9.38. The Kier molecular flexibility index (Phi) is 4.99. The van der Waals surface area contributed by atoms with Gasteiger partial charge >= 0.3 is 0 Å². The molecule has 0 aliphatic carbocycles. The molecule has 1 heterocycles. The Hall–Kier alpha value is -3.00. The van der Waals surface area contributed by atoms with Crippen molar-refractivity contribution in [2.45, 2.75) is 0 Å². The van der Waals surface area contributed by atoms with Gasteiger partial charge < -0.3 is 14.2 Å². The van der Waals surface area contributed by atoms with Crippen molar-refractivity contribution >= 4 is 11.6 Å². The molecule has 2 rings (SSSR count). The first-order valence-electron chi connectivity index (χ1n) is 6.56. The van der Waals surface area contributed by atoms with Gasteiger partial charge in [-0.2, -0.15) is 5.26 Å². The molecule has 5 heteroatoms. The fraction of sp³-hybridized carbons (Fsp3) is 0.176. The minimum Gasteiger partial charge on any atom is -0.496 e. The molecule has 0 bridgehead atoms. The normalized spacial score (nSPS) is 10.7. The van der Waals surface area contributed by atoms with Gasteiger partial charge in [0.1, 0.15) is 11.8 Å². The van der Waals surface area contributed by atoms with Crippen LogP contribution in [0.3, 0.4) is 0 Å². The third-order valence-electron chi connectivity index (χ3n) is 3.10. The van der Waals surface area contributed by atoms with Gasteiger partial charge in [-0.15, -0.1) is 0 Å². The van der Waals surface area contributed by atoms with Crippen molar-refractivity contribution in [1.82, 2.24) is 4.98 Å². The summed E-state index contributed by atoms with van der Waals surface area (Å²) in [4.78, 5) is 4.19. The lowest BCUT2D eigenvalue weighted by Gasteiger charge is -2.12. The van der Waals surface area contributed by atoms with Crippen LogP contribution in [0.25, 0.3) is 11.6 Å². The first kappa shape index (κ1) is 15.4. The maximum Gasteiger partial charge on any atom is 0.164 e. The van der Waals surface area contributed by atoms with E-state index in [1.165, 1.54) is 0 Å². The van der Waals surface area contributed by atoms with Crippen molar-refractivity contribution < 1.29 is 14.2 Å². The van der Waals surface area contributed by atoms with Gasteiger partial charge in [-0.25, -0.2) is 0 Å². The van der Waals surface area contributed by atoms with E-state index in [1.807, 2.05) is 6.07 Å². The Morgan fingerprint density at radius 2 is 1.73 bits per heavy atom. The quantitative estimate of drug-likeness (QED) is 0.793. The topological polar surface area (TPSA) is 64.4 Å². The fourth-order valence-corrected chi connectivity index (χ4v) is 2.01. The number of nitriles is 1. The Balaban J connectivity index is 2.56. The zero-order valence-corrected chi connectivity index (χ0v) is 12.7. The monoisotopic (exact) mass is 296 g/mol. The third kappa shape index (κ3) is 3.18. The second-order valence-corrected chi connectivity index (χ2v) is 4.33. The van der Waals surface area contributed by atoms with Crippen LogP contribution in [0.4, 0.5) is 0 Å². The van der Waals surface area contributed by atoms with Crippen LogP contribution < -0.4 is 14.2 Å². The molecular formula is C17H16N2O3. The molecule has 0 unspecified atom stereocenters. The van der Waals surface area contributed by atoms with E-state index in [0.717, 1.165) is 0 Å². The molecule has 0 radical (unpaired) electrons. The first-order chi connectivity index (χ1) is 10.7. The van der Waals surface area contributed by atoms with Crippen molar-refractivity contribution in [3.8, 4) is 23.3 Å². The molecule has 1 aromatic carbocycles. The molecule has 0 aliphatic rings. The van der Waals surface area contributed by atoms with Crippen molar-refractivity contribution in [3.63, 3.8) is 0 Å². The van der Waals surface area contributed by atoms with Crippen LogP contribution in [0.1, 0.15) is 11.3 Å². The van der Waals surface area contributed by atoms with Crippen molar-refractivity contribution in [2.75, 3.05) is 21.3 Å². The number of aromatic nitrogens is 1. The summed E-state index contributed by atoms with van der Waals surface area (Å²) in [5.41, 5.74) is 1.75. The largest absolute Gasteiger partial charge is 0.496 e. The number of ether oxygens (including phenoxy) is 3. The number of hydrogen-bond donors (Lipinski definition) is 0. The summed E-state index contributed by atoms with van der Waals surface area (Å²) < 4.78 is 15.9. The lowest BCUT2D eigenvalue weighted by Crippen LogP contribution is -1.95. The zero-order valence-electron chi connectivity index (χ0n) is 12.7. The molecular weight excluding hydrogens is 280 g/mol. The van der Waals surface area contributed by atoms with Gasteiger partial charge in [-0.3, -0.25) is 4.98 Å². The number of benzene rings is 1. The zero-order chi connectivity index (χ0) is 15.9. The average Bonchev–Trinajstić information content (AvgIpc) is 2.59. The molecule has 0 fully saturated rings. The Bertz CT molecular complexity index is 719. The highest BCUT2D eigenvalue weighted by Gasteiger charge is 2.12. The van der Waals surface area contributed by atoms with E-state index in [0.29, 0.717) is 34.1 Å². The van der Waals surface area contributed by atoms with E-state index < -0.39 is 0 Å². The summed E-state index contributed by atoms with van der Waals surface area (Å²) in [6.45, 7) is 0. The Labute approximate surface area is 129 Å². The van der Waals surface area contributed by atoms with Crippen LogP contribution in [0.5, 0.6) is 17.2 Å². The summed E-state index contributed by atoms with van der Waals surface area (Å²) in [7, 11) is 4.68. The van der Waals surface area contributed by atoms with Crippen LogP contribution in [0.15, 0.2) is 36.5 Å². The fourth-order valence-electron chi connectivity index (χ4n) is 2.01. The van der Waals surface area contributed by atoms with Gasteiger partial charge in [0.25, 0.3) is 0 Å². The molecule has 0 spiro atoms. The summed E-state index contributed by atoms with van der Waals surface area (Å²) >= 11 is 0. The third-order valence-corrected chi connectivity index (χ3v) is 3.10. The van der Waals surface area contributed by atoms with E-state index in [4.69, 9.17) is 14.2 Å². The van der Waals surface area contributed by atoms with Crippen LogP contribution >= 0.6 is 0 Å². The van der Waals surface area contributed by atoms with Crippen LogP contribution in [0.2, 0.25) is 0 Å². The highest BCUT2D eigenvalue weighted by atomic mass is 16.5. The van der Waals surface area contributed by atoms with Crippen molar-refractivity contribution in [1.29, 1.82) is 5.26 Å². The minimum absolute atomic E-state index is 0.436. The molecule has 112 valence electrons. The molecule has 0 saturated heterocycles. The molecule has 0 atom stereocenters. The van der Waals surface area contributed by atoms with E-state index in [9.17, 15) is 5.26 Å². The van der Waals surface area contributed by atoms with E-state index >= 15 is 0 Å². The highest BCUT2D eigenvalue weighted by molar-refractivity contribution is 5.89. The number of hydrogen-bond acceptors (Lipinski definition) is 5. The number of methoxy groups -OCH3 is 3. The SMILES string of the molecule is COc1cc(OC)c(OC)cc1/C=C(\C#N)c1ccccn1. The van der Waals surface area contributed by atoms with Crippen molar-refractivity contribution in [3.05, 3.63) is 47.8 Å². The van der Waals surface area contributed by atoms with Gasteiger partial charge in [0.2, 0.25) is 0 Å². The summed E-state index contributed by atoms with van der Waals surface area (Å²) in [6.07, 6.45) is 3.36. The lowest BCUT2D eigenvalue weighted by atomic mass is 10.1. The summed E-state index contributed by atoms with van der Waals surface area (Å²) in [5.74, 6) is 1.71. The molecule has 0 saturated carbocycles. The number of nitrogens with zero attached hydrogens (tertiary/aromatic N) is 2. The van der Waals surface area contributed by atoms with Gasteiger partial charge in [-0.1, -0.05) is 6.07 Å². The minimum atomic E-state index is 0.436.